The minimum absolute atomic E-state index is 0.121. The van der Waals surface area contributed by atoms with Crippen molar-refractivity contribution in [2.75, 3.05) is 14.2 Å². The maximum Gasteiger partial charge on any atom is 0.223 e. The molecule has 0 radical (unpaired) electrons. The molecule has 1 aromatic rings. The van der Waals surface area contributed by atoms with Crippen LogP contribution in [0.1, 0.15) is 31.7 Å². The monoisotopic (exact) mass is 351 g/mol. The van der Waals surface area contributed by atoms with Crippen molar-refractivity contribution in [3.05, 3.63) is 41.6 Å². The molecule has 0 spiro atoms. The molecule has 1 aromatic carbocycles. The van der Waals surface area contributed by atoms with Crippen LogP contribution in [0.25, 0.3) is 0 Å². The van der Waals surface area contributed by atoms with E-state index in [0.717, 1.165) is 11.4 Å². The second-order valence-corrected chi connectivity index (χ2v) is 11.5. The lowest BCUT2D eigenvalue weighted by Gasteiger charge is -2.45. The van der Waals surface area contributed by atoms with Crippen molar-refractivity contribution in [3.63, 3.8) is 0 Å². The molecule has 1 fully saturated rings. The number of allylic oxidation sites excluding steroid dienone is 2. The molecule has 6 heteroatoms. The topological polar surface area (TPSA) is 40.2 Å². The molecule has 0 aliphatic carbocycles. The van der Waals surface area contributed by atoms with E-state index in [4.69, 9.17) is 18.8 Å². The van der Waals surface area contributed by atoms with Gasteiger partial charge in [0, 0.05) is 19.4 Å². The highest BCUT2D eigenvalue weighted by molar-refractivity contribution is 6.69. The molecule has 2 atom stereocenters. The van der Waals surface area contributed by atoms with E-state index < -0.39 is 14.1 Å². The van der Waals surface area contributed by atoms with E-state index in [1.807, 2.05) is 32.1 Å². The Balaban J connectivity index is 2.38. The third-order valence-electron chi connectivity index (χ3n) is 4.02. The first-order chi connectivity index (χ1) is 11.2. The van der Waals surface area contributed by atoms with Crippen LogP contribution in [-0.2, 0) is 14.1 Å². The van der Waals surface area contributed by atoms with Gasteiger partial charge in [0.25, 0.3) is 0 Å². The molecule has 0 saturated carbocycles. The fraction of sp³-hybridized carbons (Fsp3) is 0.556. The smallest absolute Gasteiger partial charge is 0.223 e. The Bertz CT molecular complexity index is 582. The second kappa shape index (κ2) is 7.27. The van der Waals surface area contributed by atoms with Crippen LogP contribution in [0.3, 0.4) is 0 Å². The van der Waals surface area contributed by atoms with Gasteiger partial charge >= 0.3 is 0 Å². The largest absolute Gasteiger partial charge is 0.497 e. The van der Waals surface area contributed by atoms with Crippen LogP contribution in [0.4, 0.5) is 0 Å². The van der Waals surface area contributed by atoms with Crippen LogP contribution in [0.2, 0.25) is 19.6 Å². The quantitative estimate of drug-likeness (QED) is 0.733. The lowest BCUT2D eigenvalue weighted by atomic mass is 9.88. The van der Waals surface area contributed by atoms with Gasteiger partial charge in [-0.15, -0.1) is 5.23 Å². The van der Waals surface area contributed by atoms with Gasteiger partial charge in [-0.05, 0) is 51.2 Å². The van der Waals surface area contributed by atoms with Crippen molar-refractivity contribution < 1.29 is 18.8 Å². The summed E-state index contributed by atoms with van der Waals surface area (Å²) in [5.41, 5.74) is 2.18. The molecule has 5 nitrogen and oxygen atoms in total. The van der Waals surface area contributed by atoms with Gasteiger partial charge in [0.15, 0.2) is 5.79 Å². The number of methoxy groups -OCH3 is 2. The zero-order valence-electron chi connectivity index (χ0n) is 15.8. The summed E-state index contributed by atoms with van der Waals surface area (Å²) in [6.45, 7) is 10.3. The summed E-state index contributed by atoms with van der Waals surface area (Å²) in [6.07, 6.45) is 2.76. The Morgan fingerprint density at radius 2 is 1.83 bits per heavy atom. The van der Waals surface area contributed by atoms with Crippen LogP contribution in [0, 0.1) is 0 Å². The molecule has 0 aromatic heterocycles. The summed E-state index contributed by atoms with van der Waals surface area (Å²) < 4.78 is 17.1. The molecule has 0 bridgehead atoms. The Morgan fingerprint density at radius 3 is 2.29 bits per heavy atom. The highest BCUT2D eigenvalue weighted by atomic mass is 28.4. The van der Waals surface area contributed by atoms with E-state index in [0.29, 0.717) is 6.42 Å². The molecule has 1 aliphatic rings. The minimum Gasteiger partial charge on any atom is -0.497 e. The molecule has 24 heavy (non-hydrogen) atoms. The number of nitrogens with zero attached hydrogens (tertiary/aromatic N) is 1. The summed E-state index contributed by atoms with van der Waals surface area (Å²) in [5, 5.41) is 1.58. The minimum atomic E-state index is -1.84. The number of hydrogen-bond acceptors (Lipinski definition) is 5. The van der Waals surface area contributed by atoms with Gasteiger partial charge in [-0.3, -0.25) is 4.53 Å². The van der Waals surface area contributed by atoms with Gasteiger partial charge in [-0.25, -0.2) is 4.84 Å². The van der Waals surface area contributed by atoms with Crippen LogP contribution >= 0.6 is 0 Å². The first-order valence-electron chi connectivity index (χ1n) is 8.25. The summed E-state index contributed by atoms with van der Waals surface area (Å²) in [7, 11) is 1.50. The van der Waals surface area contributed by atoms with E-state index in [1.54, 1.807) is 19.4 Å². The van der Waals surface area contributed by atoms with Crippen molar-refractivity contribution in [1.82, 2.24) is 5.23 Å². The SMILES string of the molecule is C/C=C1\[C@H](c2ccc(OC)cc2)C[C@@](C)(OC)ON1O[Si](C)(C)C. The number of ether oxygens (including phenoxy) is 2. The molecule has 1 heterocycles. The lowest BCUT2D eigenvalue weighted by Crippen LogP contribution is -2.50. The van der Waals surface area contributed by atoms with E-state index in [9.17, 15) is 0 Å². The van der Waals surface area contributed by atoms with Crippen LogP contribution < -0.4 is 4.74 Å². The third-order valence-corrected chi connectivity index (χ3v) is 4.73. The first kappa shape index (κ1) is 19.0. The second-order valence-electron chi connectivity index (χ2n) is 7.13. The highest BCUT2D eigenvalue weighted by Gasteiger charge is 2.43. The molecular formula is C18H29NO4Si. The van der Waals surface area contributed by atoms with E-state index in [-0.39, 0.29) is 5.92 Å². The average Bonchev–Trinajstić information content (AvgIpc) is 2.53. The lowest BCUT2D eigenvalue weighted by molar-refractivity contribution is -0.422. The molecule has 0 N–H and O–H groups in total. The number of hydrogen-bond donors (Lipinski definition) is 0. The van der Waals surface area contributed by atoms with Crippen molar-refractivity contribution in [2.45, 2.75) is 51.6 Å². The fourth-order valence-electron chi connectivity index (χ4n) is 2.74. The zero-order valence-corrected chi connectivity index (χ0v) is 16.8. The molecule has 1 aliphatic heterocycles. The molecule has 134 valence electrons. The number of benzene rings is 1. The Kier molecular flexibility index (Phi) is 5.75. The van der Waals surface area contributed by atoms with Crippen molar-refractivity contribution >= 4 is 8.32 Å². The molecule has 1 saturated heterocycles. The fourth-order valence-corrected chi connectivity index (χ4v) is 3.38. The van der Waals surface area contributed by atoms with Crippen LogP contribution in [0.15, 0.2) is 36.0 Å². The maximum absolute atomic E-state index is 6.15. The Labute approximate surface area is 146 Å². The van der Waals surface area contributed by atoms with E-state index in [2.05, 4.69) is 31.8 Å². The Morgan fingerprint density at radius 1 is 1.21 bits per heavy atom. The predicted molar refractivity (Wildman–Crippen MR) is 96.9 cm³/mol. The number of rotatable bonds is 5. The van der Waals surface area contributed by atoms with Crippen molar-refractivity contribution in [3.8, 4) is 5.75 Å². The molecule has 0 unspecified atom stereocenters. The highest BCUT2D eigenvalue weighted by Crippen LogP contribution is 2.43. The number of hydroxylamine groups is 2. The van der Waals surface area contributed by atoms with E-state index >= 15 is 0 Å². The van der Waals surface area contributed by atoms with Crippen molar-refractivity contribution in [1.29, 1.82) is 0 Å². The molecular weight excluding hydrogens is 322 g/mol. The summed E-state index contributed by atoms with van der Waals surface area (Å²) in [5.74, 6) is 0.227. The van der Waals surface area contributed by atoms with Crippen LogP contribution in [0.5, 0.6) is 5.75 Å². The van der Waals surface area contributed by atoms with Gasteiger partial charge in [-0.2, -0.15) is 0 Å². The predicted octanol–water partition coefficient (Wildman–Crippen LogP) is 4.45. The molecule has 2 rings (SSSR count). The van der Waals surface area contributed by atoms with Crippen LogP contribution in [-0.4, -0.2) is 33.6 Å². The molecule has 0 amide bonds. The zero-order chi connectivity index (χ0) is 18.0. The first-order valence-corrected chi connectivity index (χ1v) is 11.7. The standard InChI is InChI=1S/C18H29NO4Si/c1-8-17-16(14-9-11-15(20-3)12-10-14)13-18(2,21-4)22-19(17)23-24(5,6)7/h8-12,16H,13H2,1-7H3/b17-8+/t16-,18-/m0/s1. The summed E-state index contributed by atoms with van der Waals surface area (Å²) >= 11 is 0. The van der Waals surface area contributed by atoms with Gasteiger partial charge in [0.1, 0.15) is 5.75 Å². The summed E-state index contributed by atoms with van der Waals surface area (Å²) in [4.78, 5) is 6.03. The van der Waals surface area contributed by atoms with Gasteiger partial charge in [-0.1, -0.05) is 18.2 Å². The Hall–Kier alpha value is -1.34. The van der Waals surface area contributed by atoms with Gasteiger partial charge < -0.3 is 9.47 Å². The van der Waals surface area contributed by atoms with Gasteiger partial charge in [0.2, 0.25) is 8.32 Å². The third kappa shape index (κ3) is 4.39. The van der Waals surface area contributed by atoms with Crippen molar-refractivity contribution in [2.24, 2.45) is 0 Å². The summed E-state index contributed by atoms with van der Waals surface area (Å²) in [6, 6.07) is 8.13. The maximum atomic E-state index is 6.15. The van der Waals surface area contributed by atoms with E-state index in [1.165, 1.54) is 5.56 Å². The average molecular weight is 352 g/mol. The van der Waals surface area contributed by atoms with Gasteiger partial charge in [0.05, 0.1) is 12.8 Å². The normalized spacial score (nSPS) is 26.7.